The van der Waals surface area contributed by atoms with E-state index in [1.54, 1.807) is 6.20 Å². The second-order valence-electron chi connectivity index (χ2n) is 8.61. The number of hydrogen-bond acceptors (Lipinski definition) is 4. The van der Waals surface area contributed by atoms with E-state index >= 15 is 0 Å². The molecule has 0 saturated carbocycles. The number of anilines is 1. The van der Waals surface area contributed by atoms with Crippen molar-refractivity contribution in [3.63, 3.8) is 0 Å². The number of aliphatic hydroxyl groups is 1. The minimum absolute atomic E-state index is 0.00889. The summed E-state index contributed by atoms with van der Waals surface area (Å²) in [4.78, 5) is 12.7. The summed E-state index contributed by atoms with van der Waals surface area (Å²) in [6.07, 6.45) is 5.89. The van der Waals surface area contributed by atoms with E-state index < -0.39 is 6.10 Å². The molecule has 2 aromatic carbocycles. The lowest BCUT2D eigenvalue weighted by Crippen LogP contribution is -2.35. The number of aromatic nitrogens is 2. The fourth-order valence-electron chi connectivity index (χ4n) is 4.85. The van der Waals surface area contributed by atoms with Crippen molar-refractivity contribution in [3.05, 3.63) is 83.7 Å². The highest BCUT2D eigenvalue weighted by Crippen LogP contribution is 2.28. The van der Waals surface area contributed by atoms with Gasteiger partial charge in [0, 0.05) is 29.7 Å². The third-order valence-electron chi connectivity index (χ3n) is 6.53. The van der Waals surface area contributed by atoms with Gasteiger partial charge in [-0.25, -0.2) is 0 Å². The monoisotopic (exact) mass is 416 g/mol. The molecule has 0 aliphatic carbocycles. The molecule has 1 aromatic heterocycles. The Hall–Kier alpha value is -2.96. The maximum atomic E-state index is 12.7. The number of nitrogens with one attached hydrogen (secondary N) is 2. The summed E-state index contributed by atoms with van der Waals surface area (Å²) in [5.41, 5.74) is 4.12. The number of carbonyl (C=O) groups is 1. The number of amides is 1. The van der Waals surface area contributed by atoms with E-state index in [0.29, 0.717) is 6.04 Å². The first-order valence-electron chi connectivity index (χ1n) is 11.1. The first kappa shape index (κ1) is 20.0. The van der Waals surface area contributed by atoms with Crippen molar-refractivity contribution in [2.45, 2.75) is 56.3 Å². The lowest BCUT2D eigenvalue weighted by molar-refractivity contribution is -0.119. The van der Waals surface area contributed by atoms with Gasteiger partial charge in [-0.15, -0.1) is 0 Å². The van der Waals surface area contributed by atoms with Gasteiger partial charge in [0.25, 0.3) is 0 Å². The van der Waals surface area contributed by atoms with E-state index in [1.165, 1.54) is 5.56 Å². The summed E-state index contributed by atoms with van der Waals surface area (Å²) in [7, 11) is 0. The average molecular weight is 417 g/mol. The van der Waals surface area contributed by atoms with Gasteiger partial charge in [0.15, 0.2) is 0 Å². The topological polar surface area (TPSA) is 79.2 Å². The number of hydrogen-bond donors (Lipinski definition) is 3. The highest BCUT2D eigenvalue weighted by molar-refractivity contribution is 5.94. The van der Waals surface area contributed by atoms with Gasteiger partial charge in [0.2, 0.25) is 5.91 Å². The van der Waals surface area contributed by atoms with Crippen LogP contribution in [0.3, 0.4) is 0 Å². The molecule has 6 nitrogen and oxygen atoms in total. The van der Waals surface area contributed by atoms with Gasteiger partial charge in [-0.1, -0.05) is 42.5 Å². The van der Waals surface area contributed by atoms with Gasteiger partial charge in [-0.3, -0.25) is 9.48 Å². The van der Waals surface area contributed by atoms with Crippen LogP contribution in [0.4, 0.5) is 5.69 Å². The van der Waals surface area contributed by atoms with Crippen molar-refractivity contribution in [3.8, 4) is 0 Å². The zero-order valence-electron chi connectivity index (χ0n) is 17.4. The highest BCUT2D eigenvalue weighted by Gasteiger charge is 2.30. The summed E-state index contributed by atoms with van der Waals surface area (Å²) < 4.78 is 1.83. The van der Waals surface area contributed by atoms with Gasteiger partial charge in [-0.2, -0.15) is 5.10 Å². The Kier molecular flexibility index (Phi) is 5.57. The van der Waals surface area contributed by atoms with Crippen molar-refractivity contribution in [1.82, 2.24) is 15.1 Å². The minimum Gasteiger partial charge on any atom is -0.387 e. The third-order valence-corrected chi connectivity index (χ3v) is 6.53. The predicted molar refractivity (Wildman–Crippen MR) is 120 cm³/mol. The Morgan fingerprint density at radius 3 is 2.71 bits per heavy atom. The van der Waals surface area contributed by atoms with Crippen LogP contribution in [-0.4, -0.2) is 32.9 Å². The first-order chi connectivity index (χ1) is 15.2. The van der Waals surface area contributed by atoms with Crippen LogP contribution in [0.2, 0.25) is 0 Å². The summed E-state index contributed by atoms with van der Waals surface area (Å²) in [5, 5.41) is 21.6. The molecule has 3 heterocycles. The molecular formula is C25H28N4O2. The molecular weight excluding hydrogens is 388 g/mol. The molecule has 3 aromatic rings. The molecule has 0 radical (unpaired) electrons. The SMILES string of the molecule is O=C(Nc1ccc(C[C@@H]2CC[C@H]([C@H](O)c3ccccc3)N2)cc1)[C@H]1CCc2ccnn21. The average Bonchev–Trinajstić information content (AvgIpc) is 3.52. The lowest BCUT2D eigenvalue weighted by atomic mass is 10.0. The quantitative estimate of drug-likeness (QED) is 0.575. The van der Waals surface area contributed by atoms with E-state index in [4.69, 9.17) is 0 Å². The third kappa shape index (κ3) is 4.27. The van der Waals surface area contributed by atoms with Crippen LogP contribution < -0.4 is 10.6 Å². The molecule has 3 N–H and O–H groups in total. The van der Waals surface area contributed by atoms with Gasteiger partial charge in [0.1, 0.15) is 6.04 Å². The van der Waals surface area contributed by atoms with E-state index in [0.717, 1.165) is 49.0 Å². The van der Waals surface area contributed by atoms with Crippen molar-refractivity contribution in [2.75, 3.05) is 5.32 Å². The normalized spacial score (nSPS) is 23.5. The van der Waals surface area contributed by atoms with Crippen molar-refractivity contribution in [1.29, 1.82) is 0 Å². The van der Waals surface area contributed by atoms with E-state index in [9.17, 15) is 9.90 Å². The Bertz CT molecular complexity index is 1030. The van der Waals surface area contributed by atoms with Gasteiger partial charge in [0.05, 0.1) is 6.10 Å². The molecule has 2 aliphatic rings. The van der Waals surface area contributed by atoms with Crippen LogP contribution >= 0.6 is 0 Å². The number of nitrogens with zero attached hydrogens (tertiary/aromatic N) is 2. The van der Waals surface area contributed by atoms with Crippen molar-refractivity contribution < 1.29 is 9.90 Å². The minimum atomic E-state index is -0.477. The van der Waals surface area contributed by atoms with Gasteiger partial charge >= 0.3 is 0 Å². The van der Waals surface area contributed by atoms with Crippen molar-refractivity contribution >= 4 is 11.6 Å². The first-order valence-corrected chi connectivity index (χ1v) is 11.1. The maximum absolute atomic E-state index is 12.7. The Morgan fingerprint density at radius 2 is 1.90 bits per heavy atom. The van der Waals surface area contributed by atoms with Gasteiger partial charge < -0.3 is 15.7 Å². The summed E-state index contributed by atoms with van der Waals surface area (Å²) >= 11 is 0. The number of rotatable bonds is 6. The summed E-state index contributed by atoms with van der Waals surface area (Å²) in [5.74, 6) is -0.00889. The number of benzene rings is 2. The van der Waals surface area contributed by atoms with Crippen LogP contribution in [0.25, 0.3) is 0 Å². The van der Waals surface area contributed by atoms with Crippen LogP contribution in [0, 0.1) is 0 Å². The molecule has 0 bridgehead atoms. The molecule has 1 saturated heterocycles. The molecule has 2 aliphatic heterocycles. The zero-order chi connectivity index (χ0) is 21.2. The van der Waals surface area contributed by atoms with Crippen molar-refractivity contribution in [2.24, 2.45) is 0 Å². The number of fused-ring (bicyclic) bond motifs is 1. The fraction of sp³-hybridized carbons (Fsp3) is 0.360. The Balaban J connectivity index is 1.15. The van der Waals surface area contributed by atoms with Crippen LogP contribution in [0.5, 0.6) is 0 Å². The largest absolute Gasteiger partial charge is 0.387 e. The summed E-state index contributed by atoms with van der Waals surface area (Å²) in [6, 6.07) is 20.1. The molecule has 31 heavy (non-hydrogen) atoms. The smallest absolute Gasteiger partial charge is 0.249 e. The maximum Gasteiger partial charge on any atom is 0.249 e. The molecule has 0 spiro atoms. The van der Waals surface area contributed by atoms with E-state index in [1.807, 2.05) is 53.2 Å². The van der Waals surface area contributed by atoms with Crippen LogP contribution in [0.1, 0.15) is 48.2 Å². The van der Waals surface area contributed by atoms with Crippen LogP contribution in [-0.2, 0) is 17.6 Å². The molecule has 0 unspecified atom stereocenters. The Morgan fingerprint density at radius 1 is 1.10 bits per heavy atom. The summed E-state index contributed by atoms with van der Waals surface area (Å²) in [6.45, 7) is 0. The molecule has 160 valence electrons. The molecule has 6 heteroatoms. The fourth-order valence-corrected chi connectivity index (χ4v) is 4.85. The zero-order valence-corrected chi connectivity index (χ0v) is 17.4. The highest BCUT2D eigenvalue weighted by atomic mass is 16.3. The lowest BCUT2D eigenvalue weighted by Gasteiger charge is -2.20. The number of carbonyl (C=O) groups excluding carboxylic acids is 1. The van der Waals surface area contributed by atoms with Gasteiger partial charge in [-0.05, 0) is 61.4 Å². The number of aryl methyl sites for hydroxylation is 1. The second-order valence-corrected chi connectivity index (χ2v) is 8.61. The number of aliphatic hydroxyl groups excluding tert-OH is 1. The Labute approximate surface area is 182 Å². The molecule has 4 atom stereocenters. The molecule has 1 fully saturated rings. The standard InChI is InChI=1S/C25H28N4O2/c30-24(18-4-2-1-3-5-18)22-12-10-20(27-22)16-17-6-8-19(9-7-17)28-25(31)23-13-11-21-14-15-26-29(21)23/h1-9,14-15,20,22-24,27,30H,10-13,16H2,(H,28,31)/t20-,22+,23+,24+/m0/s1. The van der Waals surface area contributed by atoms with Crippen LogP contribution in [0.15, 0.2) is 66.9 Å². The van der Waals surface area contributed by atoms with E-state index in [-0.39, 0.29) is 18.0 Å². The molecule has 1 amide bonds. The second kappa shape index (κ2) is 8.65. The van der Waals surface area contributed by atoms with E-state index in [2.05, 4.69) is 27.9 Å². The predicted octanol–water partition coefficient (Wildman–Crippen LogP) is 3.41. The molecule has 5 rings (SSSR count).